The molecule has 0 aliphatic carbocycles. The molecule has 3 aromatic heterocycles. The second-order valence-corrected chi connectivity index (χ2v) is 6.13. The number of hydrogen-bond donors (Lipinski definition) is 0. The summed E-state index contributed by atoms with van der Waals surface area (Å²) in [5, 5.41) is 0. The van der Waals surface area contributed by atoms with Gasteiger partial charge < -0.3 is 0 Å². The molecule has 0 spiro atoms. The third-order valence-corrected chi connectivity index (χ3v) is 3.29. The molecule has 0 saturated carbocycles. The summed E-state index contributed by atoms with van der Waals surface area (Å²) >= 11 is 0. The highest BCUT2D eigenvalue weighted by Gasteiger charge is 1.75. The second kappa shape index (κ2) is 90.1. The summed E-state index contributed by atoms with van der Waals surface area (Å²) in [5.41, 5.74) is 4.89. The summed E-state index contributed by atoms with van der Waals surface area (Å²) in [5.74, 6) is 0. The van der Waals surface area contributed by atoms with Crippen molar-refractivity contribution in [3.63, 3.8) is 0 Å². The Labute approximate surface area is 300 Å². The maximum atomic E-state index is 3.88. The van der Waals surface area contributed by atoms with Gasteiger partial charge in [-0.2, -0.15) is 0 Å². The van der Waals surface area contributed by atoms with Gasteiger partial charge in [0.25, 0.3) is 0 Å². The van der Waals surface area contributed by atoms with Crippen molar-refractivity contribution < 1.29 is 0 Å². The van der Waals surface area contributed by atoms with Gasteiger partial charge in [-0.05, 0) is 62.6 Å². The van der Waals surface area contributed by atoms with Crippen LogP contribution in [0.5, 0.6) is 0 Å². The number of aromatic nitrogens is 4. The van der Waals surface area contributed by atoms with E-state index in [1.165, 1.54) is 23.0 Å². The van der Waals surface area contributed by atoms with E-state index in [1.54, 1.807) is 31.0 Å². The topological polar surface area (TPSA) is 51.6 Å². The molecular formula is C43H88N4. The van der Waals surface area contributed by atoms with E-state index in [2.05, 4.69) is 39.0 Å². The van der Waals surface area contributed by atoms with Gasteiger partial charge in [0.05, 0.1) is 0 Å². The number of benzene rings is 1. The van der Waals surface area contributed by atoms with Crippen LogP contribution in [-0.4, -0.2) is 19.9 Å². The average Bonchev–Trinajstić information content (AvgIpc) is 3.14. The van der Waals surface area contributed by atoms with E-state index in [0.29, 0.717) is 0 Å². The molecule has 0 aliphatic heterocycles. The van der Waals surface area contributed by atoms with Gasteiger partial charge in [0.2, 0.25) is 0 Å². The molecule has 0 bridgehead atoms. The molecule has 0 radical (unpaired) electrons. The van der Waals surface area contributed by atoms with E-state index in [1.807, 2.05) is 180 Å². The zero-order valence-corrected chi connectivity index (χ0v) is 33.0. The molecule has 0 N–H and O–H groups in total. The number of aryl methyl sites for hydroxylation is 4. The van der Waals surface area contributed by atoms with E-state index in [-0.39, 0.29) is 22.3 Å². The van der Waals surface area contributed by atoms with Gasteiger partial charge in [-0.15, -0.1) is 0 Å². The number of pyridine rings is 2. The van der Waals surface area contributed by atoms with Crippen molar-refractivity contribution >= 4 is 0 Å². The monoisotopic (exact) mass is 661 g/mol. The maximum Gasteiger partial charge on any atom is 0.115 e. The van der Waals surface area contributed by atoms with Gasteiger partial charge >= 0.3 is 0 Å². The van der Waals surface area contributed by atoms with Crippen LogP contribution in [0.3, 0.4) is 0 Å². The Morgan fingerprint density at radius 2 is 0.617 bits per heavy atom. The van der Waals surface area contributed by atoms with Gasteiger partial charge in [0, 0.05) is 37.2 Å². The molecule has 3 heterocycles. The molecule has 4 heteroatoms. The molecule has 0 fully saturated rings. The van der Waals surface area contributed by atoms with Crippen molar-refractivity contribution in [1.29, 1.82) is 0 Å². The van der Waals surface area contributed by atoms with Gasteiger partial charge in [0.15, 0.2) is 0 Å². The molecule has 4 nitrogen and oxygen atoms in total. The fourth-order valence-corrected chi connectivity index (χ4v) is 1.78. The van der Waals surface area contributed by atoms with Gasteiger partial charge in [-0.3, -0.25) is 9.97 Å². The van der Waals surface area contributed by atoms with Crippen LogP contribution in [0.2, 0.25) is 0 Å². The first kappa shape index (κ1) is 74.5. The maximum absolute atomic E-state index is 3.88. The van der Waals surface area contributed by atoms with Crippen LogP contribution in [0, 0.1) is 27.7 Å². The first-order chi connectivity index (χ1) is 21.6. The SMILES string of the molecule is C.C.C.CC.CC.CC.CC.CC.CC.CC.CC.Cc1ccccc1.Cc1cccnc1.Cc1ccncc1.Cc1cncnc1. The number of hydrogen-bond acceptors (Lipinski definition) is 4. The molecule has 0 amide bonds. The van der Waals surface area contributed by atoms with E-state index < -0.39 is 0 Å². The molecule has 47 heavy (non-hydrogen) atoms. The van der Waals surface area contributed by atoms with Crippen LogP contribution in [0.25, 0.3) is 0 Å². The zero-order valence-electron chi connectivity index (χ0n) is 33.0. The minimum Gasteiger partial charge on any atom is -0.265 e. The summed E-state index contributed by atoms with van der Waals surface area (Å²) in [6.07, 6.45) is 12.2. The van der Waals surface area contributed by atoms with Crippen molar-refractivity contribution in [2.24, 2.45) is 0 Å². The Balaban J connectivity index is -0.0000000351. The quantitative estimate of drug-likeness (QED) is 0.188. The van der Waals surface area contributed by atoms with E-state index >= 15 is 0 Å². The van der Waals surface area contributed by atoms with Crippen molar-refractivity contribution in [3.05, 3.63) is 120 Å². The average molecular weight is 661 g/mol. The Morgan fingerprint density at radius 1 is 0.298 bits per heavy atom. The standard InChI is InChI=1S/C7H8.2C6H7N.C5H6N2.8C2H6.3CH4/c1-7-5-3-2-4-6-7;1-6-2-4-7-5-3-6;1-6-3-2-4-7-5-6;1-5-2-6-4-7-3-5;8*1-2;;;/h2-6H,1H3;2*2-5H,1H3;2-4H,1H3;8*1-2H3;3*1H4. The van der Waals surface area contributed by atoms with E-state index in [4.69, 9.17) is 0 Å². The zero-order chi connectivity index (χ0) is 36.5. The number of rotatable bonds is 0. The summed E-state index contributed by atoms with van der Waals surface area (Å²) in [7, 11) is 0. The number of nitrogens with zero attached hydrogens (tertiary/aromatic N) is 4. The Kier molecular flexibility index (Phi) is 143. The van der Waals surface area contributed by atoms with Crippen molar-refractivity contribution in [3.8, 4) is 0 Å². The fourth-order valence-electron chi connectivity index (χ4n) is 1.78. The third kappa shape index (κ3) is 85.8. The lowest BCUT2D eigenvalue weighted by Gasteiger charge is -1.82. The first-order valence-electron chi connectivity index (χ1n) is 17.0. The normalized spacial score (nSPS) is 6.21. The fraction of sp³-hybridized carbons (Fsp3) is 0.535. The van der Waals surface area contributed by atoms with Gasteiger partial charge in [-0.25, -0.2) is 9.97 Å². The minimum absolute atomic E-state index is 0. The Hall–Kier alpha value is -3.40. The highest BCUT2D eigenvalue weighted by atomic mass is 14.8. The van der Waals surface area contributed by atoms with Crippen LogP contribution in [0.4, 0.5) is 0 Å². The molecule has 0 saturated heterocycles. The first-order valence-corrected chi connectivity index (χ1v) is 17.0. The predicted octanol–water partition coefficient (Wildman–Crippen LogP) is 15.7. The van der Waals surface area contributed by atoms with Crippen LogP contribution < -0.4 is 0 Å². The molecule has 0 atom stereocenters. The second-order valence-electron chi connectivity index (χ2n) is 6.13. The minimum atomic E-state index is 0. The lowest BCUT2D eigenvalue weighted by atomic mass is 10.2. The summed E-state index contributed by atoms with van der Waals surface area (Å²) < 4.78 is 0. The van der Waals surface area contributed by atoms with Gasteiger partial charge in [-0.1, -0.05) is 175 Å². The van der Waals surface area contributed by atoms with Crippen molar-refractivity contribution in [2.45, 2.75) is 161 Å². The largest absolute Gasteiger partial charge is 0.265 e. The molecule has 0 aliphatic rings. The van der Waals surface area contributed by atoms with Crippen LogP contribution in [0.1, 0.15) is 155 Å². The molecule has 4 aromatic rings. The lowest BCUT2D eigenvalue weighted by molar-refractivity contribution is 1.13. The summed E-state index contributed by atoms with van der Waals surface area (Å²) in [6, 6.07) is 18.2. The molecular weight excluding hydrogens is 573 g/mol. The summed E-state index contributed by atoms with van der Waals surface area (Å²) in [6.45, 7) is 40.1. The highest BCUT2D eigenvalue weighted by molar-refractivity contribution is 5.11. The van der Waals surface area contributed by atoms with Crippen LogP contribution in [0.15, 0.2) is 98.1 Å². The van der Waals surface area contributed by atoms with Crippen molar-refractivity contribution in [1.82, 2.24) is 19.9 Å². The Bertz CT molecular complexity index is 690. The van der Waals surface area contributed by atoms with E-state index in [0.717, 1.165) is 5.56 Å². The Morgan fingerprint density at radius 3 is 0.787 bits per heavy atom. The van der Waals surface area contributed by atoms with Crippen LogP contribution >= 0.6 is 0 Å². The van der Waals surface area contributed by atoms with Crippen LogP contribution in [-0.2, 0) is 0 Å². The predicted molar refractivity (Wildman–Crippen MR) is 227 cm³/mol. The highest BCUT2D eigenvalue weighted by Crippen LogP contribution is 1.92. The smallest absolute Gasteiger partial charge is 0.115 e. The van der Waals surface area contributed by atoms with Gasteiger partial charge in [0.1, 0.15) is 6.33 Å². The lowest BCUT2D eigenvalue weighted by Crippen LogP contribution is -1.75. The van der Waals surface area contributed by atoms with E-state index in [9.17, 15) is 0 Å². The molecule has 280 valence electrons. The molecule has 1 aromatic carbocycles. The third-order valence-electron chi connectivity index (χ3n) is 3.29. The summed E-state index contributed by atoms with van der Waals surface area (Å²) in [4.78, 5) is 15.3. The van der Waals surface area contributed by atoms with Crippen molar-refractivity contribution in [2.75, 3.05) is 0 Å². The molecule has 4 rings (SSSR count). The molecule has 0 unspecified atom stereocenters.